The molecule has 6 heteroatoms. The summed E-state index contributed by atoms with van der Waals surface area (Å²) in [4.78, 5) is 13.0. The van der Waals surface area contributed by atoms with Crippen molar-refractivity contribution in [3.63, 3.8) is 0 Å². The van der Waals surface area contributed by atoms with Gasteiger partial charge in [-0.2, -0.15) is 0 Å². The van der Waals surface area contributed by atoms with E-state index in [0.717, 1.165) is 19.4 Å². The minimum Gasteiger partial charge on any atom is -0.393 e. The number of likely N-dealkylation sites (tertiary alicyclic amines) is 1. The van der Waals surface area contributed by atoms with E-state index in [4.69, 9.17) is 5.73 Å². The predicted molar refractivity (Wildman–Crippen MR) is 76.2 cm³/mol. The average Bonchev–Trinajstić information content (AvgIpc) is 2.33. The van der Waals surface area contributed by atoms with Crippen molar-refractivity contribution in [1.29, 1.82) is 0 Å². The molecule has 1 aliphatic heterocycles. The lowest BCUT2D eigenvalue weighted by atomic mass is 9.98. The molecule has 1 aliphatic rings. The van der Waals surface area contributed by atoms with Gasteiger partial charge in [-0.15, -0.1) is 0 Å². The third kappa shape index (κ3) is 2.96. The van der Waals surface area contributed by atoms with Crippen LogP contribution in [0.1, 0.15) is 19.8 Å². The quantitative estimate of drug-likeness (QED) is 0.496. The number of anilines is 2. The molecule has 0 amide bonds. The second kappa shape index (κ2) is 5.44. The van der Waals surface area contributed by atoms with E-state index in [9.17, 15) is 10.1 Å². The Hall–Kier alpha value is -1.82. The Labute approximate surface area is 112 Å². The molecule has 1 heterocycles. The Morgan fingerprint density at radius 2 is 2.26 bits per heavy atom. The monoisotopic (exact) mass is 264 g/mol. The van der Waals surface area contributed by atoms with Crippen LogP contribution < -0.4 is 11.1 Å². The van der Waals surface area contributed by atoms with Gasteiger partial charge in [-0.3, -0.25) is 10.1 Å². The minimum absolute atomic E-state index is 0.0194. The molecule has 19 heavy (non-hydrogen) atoms. The van der Waals surface area contributed by atoms with E-state index in [2.05, 4.69) is 24.2 Å². The normalized spacial score (nSPS) is 24.1. The van der Waals surface area contributed by atoms with Crippen LogP contribution in [0.2, 0.25) is 0 Å². The average molecular weight is 264 g/mol. The van der Waals surface area contributed by atoms with E-state index in [1.165, 1.54) is 0 Å². The van der Waals surface area contributed by atoms with Crippen LogP contribution in [0, 0.1) is 10.1 Å². The van der Waals surface area contributed by atoms with E-state index < -0.39 is 4.92 Å². The summed E-state index contributed by atoms with van der Waals surface area (Å²) in [6, 6.07) is 5.75. The van der Waals surface area contributed by atoms with Gasteiger partial charge in [0.25, 0.3) is 0 Å². The molecule has 0 aliphatic carbocycles. The van der Waals surface area contributed by atoms with Gasteiger partial charge in [-0.1, -0.05) is 6.07 Å². The van der Waals surface area contributed by atoms with Gasteiger partial charge in [0, 0.05) is 18.6 Å². The smallest absolute Gasteiger partial charge is 0.314 e. The molecule has 0 saturated carbocycles. The number of hydrogen-bond donors (Lipinski definition) is 2. The number of hydrogen-bond acceptors (Lipinski definition) is 5. The summed E-state index contributed by atoms with van der Waals surface area (Å²) >= 11 is 0. The first kappa shape index (κ1) is 13.6. The summed E-state index contributed by atoms with van der Waals surface area (Å²) in [5.41, 5.74) is 6.39. The van der Waals surface area contributed by atoms with Crippen molar-refractivity contribution in [1.82, 2.24) is 4.90 Å². The van der Waals surface area contributed by atoms with Crippen molar-refractivity contribution in [2.45, 2.75) is 31.8 Å². The second-order valence-electron chi connectivity index (χ2n) is 5.20. The van der Waals surface area contributed by atoms with Gasteiger partial charge in [-0.05, 0) is 38.9 Å². The summed E-state index contributed by atoms with van der Waals surface area (Å²) in [6.07, 6.45) is 1.95. The molecule has 0 radical (unpaired) electrons. The molecule has 3 N–H and O–H groups in total. The number of nitrogen functional groups attached to an aromatic ring is 1. The van der Waals surface area contributed by atoms with Crippen LogP contribution in [0.5, 0.6) is 0 Å². The number of piperidine rings is 1. The van der Waals surface area contributed by atoms with Gasteiger partial charge >= 0.3 is 5.69 Å². The highest BCUT2D eigenvalue weighted by Gasteiger charge is 2.25. The molecule has 1 saturated heterocycles. The molecule has 2 atom stereocenters. The number of benzene rings is 1. The molecule has 1 aromatic rings. The molecule has 0 spiro atoms. The Kier molecular flexibility index (Phi) is 3.90. The molecule has 104 valence electrons. The molecule has 1 aromatic carbocycles. The molecular weight excluding hydrogens is 244 g/mol. The van der Waals surface area contributed by atoms with Gasteiger partial charge in [0.05, 0.1) is 4.92 Å². The fraction of sp³-hybridized carbons (Fsp3) is 0.538. The van der Waals surface area contributed by atoms with Gasteiger partial charge in [0.15, 0.2) is 0 Å². The number of nitro benzene ring substituents is 1. The third-order valence-electron chi connectivity index (χ3n) is 3.82. The predicted octanol–water partition coefficient (Wildman–Crippen LogP) is 2.07. The summed E-state index contributed by atoms with van der Waals surface area (Å²) in [5, 5.41) is 14.4. The lowest BCUT2D eigenvalue weighted by molar-refractivity contribution is -0.383. The van der Waals surface area contributed by atoms with E-state index in [1.54, 1.807) is 18.2 Å². The zero-order valence-corrected chi connectivity index (χ0v) is 11.3. The molecule has 0 bridgehead atoms. The molecule has 6 nitrogen and oxygen atoms in total. The molecule has 1 fully saturated rings. The first-order chi connectivity index (χ1) is 8.99. The van der Waals surface area contributed by atoms with Crippen molar-refractivity contribution in [3.05, 3.63) is 28.3 Å². The standard InChI is InChI=1S/C13H20N4O2/c1-9-8-10(6-7-16(9)2)15-12-5-3-4-11(14)13(12)17(18)19/h3-5,9-10,15H,6-8,14H2,1-2H3. The van der Waals surface area contributed by atoms with Crippen LogP contribution in [0.25, 0.3) is 0 Å². The number of nitro groups is 1. The summed E-state index contributed by atoms with van der Waals surface area (Å²) < 4.78 is 0. The Morgan fingerprint density at radius 1 is 1.53 bits per heavy atom. The van der Waals surface area contributed by atoms with Crippen LogP contribution in [0.15, 0.2) is 18.2 Å². The van der Waals surface area contributed by atoms with Crippen LogP contribution in [0.4, 0.5) is 17.1 Å². The Morgan fingerprint density at radius 3 is 2.89 bits per heavy atom. The van der Waals surface area contributed by atoms with Crippen molar-refractivity contribution < 1.29 is 4.92 Å². The maximum atomic E-state index is 11.1. The van der Waals surface area contributed by atoms with E-state index in [1.807, 2.05) is 0 Å². The number of nitrogens with zero attached hydrogens (tertiary/aromatic N) is 2. The lowest BCUT2D eigenvalue weighted by Crippen LogP contribution is -2.42. The van der Waals surface area contributed by atoms with Gasteiger partial charge in [0.1, 0.15) is 11.4 Å². The van der Waals surface area contributed by atoms with Crippen LogP contribution in [-0.4, -0.2) is 35.5 Å². The third-order valence-corrected chi connectivity index (χ3v) is 3.82. The minimum atomic E-state index is -0.421. The van der Waals surface area contributed by atoms with Gasteiger partial charge in [0.2, 0.25) is 0 Å². The summed E-state index contributed by atoms with van der Waals surface area (Å²) in [6.45, 7) is 3.16. The molecule has 2 rings (SSSR count). The van der Waals surface area contributed by atoms with Crippen molar-refractivity contribution >= 4 is 17.1 Å². The fourth-order valence-corrected chi connectivity index (χ4v) is 2.52. The first-order valence-corrected chi connectivity index (χ1v) is 6.48. The highest BCUT2D eigenvalue weighted by atomic mass is 16.6. The lowest BCUT2D eigenvalue weighted by Gasteiger charge is -2.35. The fourth-order valence-electron chi connectivity index (χ4n) is 2.52. The van der Waals surface area contributed by atoms with E-state index >= 15 is 0 Å². The zero-order valence-electron chi connectivity index (χ0n) is 11.3. The van der Waals surface area contributed by atoms with Crippen LogP contribution in [0.3, 0.4) is 0 Å². The van der Waals surface area contributed by atoms with Crippen LogP contribution >= 0.6 is 0 Å². The number of nitrogens with two attached hydrogens (primary N) is 1. The Balaban J connectivity index is 2.15. The van der Waals surface area contributed by atoms with Gasteiger partial charge < -0.3 is 16.0 Å². The number of nitrogens with one attached hydrogen (secondary N) is 1. The largest absolute Gasteiger partial charge is 0.393 e. The number of para-hydroxylation sites is 1. The molecule has 0 aromatic heterocycles. The number of rotatable bonds is 3. The van der Waals surface area contributed by atoms with E-state index in [-0.39, 0.29) is 17.4 Å². The Bertz CT molecular complexity index is 478. The highest BCUT2D eigenvalue weighted by Crippen LogP contribution is 2.32. The highest BCUT2D eigenvalue weighted by molar-refractivity contribution is 5.74. The van der Waals surface area contributed by atoms with Crippen LogP contribution in [-0.2, 0) is 0 Å². The van der Waals surface area contributed by atoms with Crippen molar-refractivity contribution in [3.8, 4) is 0 Å². The first-order valence-electron chi connectivity index (χ1n) is 6.48. The zero-order chi connectivity index (χ0) is 14.0. The SMILES string of the molecule is CC1CC(Nc2cccc(N)c2[N+](=O)[O-])CCN1C. The maximum absolute atomic E-state index is 11.1. The topological polar surface area (TPSA) is 84.4 Å². The molecule has 2 unspecified atom stereocenters. The van der Waals surface area contributed by atoms with Crippen molar-refractivity contribution in [2.24, 2.45) is 0 Å². The van der Waals surface area contributed by atoms with Crippen molar-refractivity contribution in [2.75, 3.05) is 24.6 Å². The summed E-state index contributed by atoms with van der Waals surface area (Å²) in [5.74, 6) is 0. The van der Waals surface area contributed by atoms with E-state index in [0.29, 0.717) is 11.7 Å². The summed E-state index contributed by atoms with van der Waals surface area (Å²) in [7, 11) is 2.10. The second-order valence-corrected chi connectivity index (χ2v) is 5.20. The van der Waals surface area contributed by atoms with Gasteiger partial charge in [-0.25, -0.2) is 0 Å². The molecular formula is C13H20N4O2. The maximum Gasteiger partial charge on any atom is 0.314 e.